The maximum atomic E-state index is 12.8. The van der Waals surface area contributed by atoms with Crippen molar-refractivity contribution < 1.29 is 4.79 Å². The molecule has 0 bridgehead atoms. The molecule has 5 heteroatoms. The third kappa shape index (κ3) is 3.98. The fourth-order valence-corrected chi connectivity index (χ4v) is 4.53. The van der Waals surface area contributed by atoms with Crippen molar-refractivity contribution in [2.45, 2.75) is 43.8 Å². The fraction of sp³-hybridized carbons (Fsp3) is 0.400. The molecule has 0 atom stereocenters. The van der Waals surface area contributed by atoms with Gasteiger partial charge in [0.2, 0.25) is 0 Å². The van der Waals surface area contributed by atoms with E-state index in [9.17, 15) is 9.59 Å². The van der Waals surface area contributed by atoms with Crippen molar-refractivity contribution in [2.24, 2.45) is 0 Å². The summed E-state index contributed by atoms with van der Waals surface area (Å²) in [6, 6.07) is 9.92. The number of aromatic amines is 1. The zero-order valence-corrected chi connectivity index (χ0v) is 15.8. The minimum atomic E-state index is -0.185. The second kappa shape index (κ2) is 7.48. The molecule has 132 valence electrons. The number of hydrogen-bond donors (Lipinski definition) is 1. The smallest absolute Gasteiger partial charge is 0.259 e. The van der Waals surface area contributed by atoms with Gasteiger partial charge in [-0.1, -0.05) is 18.2 Å². The predicted molar refractivity (Wildman–Crippen MR) is 102 cm³/mol. The van der Waals surface area contributed by atoms with E-state index in [4.69, 9.17) is 0 Å². The number of carbonyl (C=O) groups is 1. The minimum absolute atomic E-state index is 0.141. The Kier molecular flexibility index (Phi) is 5.33. The third-order valence-electron chi connectivity index (χ3n) is 4.68. The number of H-pyrrole nitrogens is 1. The second-order valence-electron chi connectivity index (χ2n) is 6.69. The third-order valence-corrected chi connectivity index (χ3v) is 6.20. The Labute approximate surface area is 152 Å². The monoisotopic (exact) mass is 356 g/mol. The van der Waals surface area contributed by atoms with E-state index in [1.165, 1.54) is 16.5 Å². The lowest BCUT2D eigenvalue weighted by molar-refractivity contribution is 0.0725. The maximum absolute atomic E-state index is 12.8. The van der Waals surface area contributed by atoms with Crippen molar-refractivity contribution >= 4 is 17.7 Å². The quantitative estimate of drug-likeness (QED) is 0.912. The summed E-state index contributed by atoms with van der Waals surface area (Å²) in [5.74, 6) is -0.141. The lowest BCUT2D eigenvalue weighted by atomic mass is 10.1. The maximum Gasteiger partial charge on any atom is 0.259 e. The summed E-state index contributed by atoms with van der Waals surface area (Å²) < 4.78 is 0. The van der Waals surface area contributed by atoms with E-state index < -0.39 is 0 Å². The molecule has 3 rings (SSSR count). The summed E-state index contributed by atoms with van der Waals surface area (Å²) in [4.78, 5) is 31.2. The first-order chi connectivity index (χ1) is 12.0. The number of aryl methyl sites for hydroxylation is 3. The molecular weight excluding hydrogens is 332 g/mol. The normalized spacial score (nSPS) is 15.4. The first kappa shape index (κ1) is 17.8. The van der Waals surface area contributed by atoms with Crippen molar-refractivity contribution in [1.29, 1.82) is 0 Å². The first-order valence-corrected chi connectivity index (χ1v) is 9.55. The summed E-state index contributed by atoms with van der Waals surface area (Å²) in [5.41, 5.74) is 2.84. The van der Waals surface area contributed by atoms with Gasteiger partial charge in [0, 0.05) is 40.7 Å². The molecule has 0 spiro atoms. The molecule has 1 fully saturated rings. The number of thioether (sulfide) groups is 1. The number of rotatable bonds is 3. The van der Waals surface area contributed by atoms with Crippen LogP contribution in [0.25, 0.3) is 0 Å². The molecule has 1 amide bonds. The summed E-state index contributed by atoms with van der Waals surface area (Å²) in [5, 5.41) is 0.516. The summed E-state index contributed by atoms with van der Waals surface area (Å²) >= 11 is 1.90. The van der Waals surface area contributed by atoms with Gasteiger partial charge in [-0.15, -0.1) is 11.8 Å². The number of hydrogen-bond acceptors (Lipinski definition) is 3. The Bertz CT molecular complexity index is 836. The van der Waals surface area contributed by atoms with Gasteiger partial charge in [0.1, 0.15) is 5.56 Å². The van der Waals surface area contributed by atoms with Gasteiger partial charge in [-0.2, -0.15) is 0 Å². The van der Waals surface area contributed by atoms with Crippen molar-refractivity contribution in [1.82, 2.24) is 9.88 Å². The molecule has 0 aliphatic carbocycles. The zero-order valence-electron chi connectivity index (χ0n) is 15.0. The molecule has 2 heterocycles. The summed E-state index contributed by atoms with van der Waals surface area (Å²) in [7, 11) is 0. The van der Waals surface area contributed by atoms with E-state index in [0.29, 0.717) is 24.0 Å². The number of carbonyl (C=O) groups excluding carboxylic acids is 1. The minimum Gasteiger partial charge on any atom is -0.362 e. The molecule has 1 aliphatic heterocycles. The molecule has 0 radical (unpaired) electrons. The molecule has 0 unspecified atom stereocenters. The number of benzene rings is 1. The van der Waals surface area contributed by atoms with Crippen LogP contribution in [0.2, 0.25) is 0 Å². The Morgan fingerprint density at radius 2 is 1.84 bits per heavy atom. The van der Waals surface area contributed by atoms with Gasteiger partial charge < -0.3 is 9.88 Å². The van der Waals surface area contributed by atoms with E-state index in [-0.39, 0.29) is 16.9 Å². The lowest BCUT2D eigenvalue weighted by Gasteiger charge is -2.32. The number of piperidine rings is 1. The number of nitrogens with zero attached hydrogens (tertiary/aromatic N) is 1. The van der Waals surface area contributed by atoms with Gasteiger partial charge in [0.15, 0.2) is 5.43 Å². The Morgan fingerprint density at radius 3 is 2.48 bits per heavy atom. The highest BCUT2D eigenvalue weighted by Crippen LogP contribution is 2.32. The molecule has 1 aromatic carbocycles. The fourth-order valence-electron chi connectivity index (χ4n) is 3.32. The zero-order chi connectivity index (χ0) is 18.0. The Hall–Kier alpha value is -2.01. The molecule has 1 saturated heterocycles. The van der Waals surface area contributed by atoms with E-state index >= 15 is 0 Å². The Balaban J connectivity index is 1.65. The van der Waals surface area contributed by atoms with Gasteiger partial charge in [0.25, 0.3) is 5.91 Å². The first-order valence-electron chi connectivity index (χ1n) is 8.68. The van der Waals surface area contributed by atoms with Gasteiger partial charge >= 0.3 is 0 Å². The van der Waals surface area contributed by atoms with E-state index in [2.05, 4.69) is 36.2 Å². The van der Waals surface area contributed by atoms with Crippen LogP contribution >= 0.6 is 11.8 Å². The number of nitrogens with one attached hydrogen (secondary N) is 1. The average Bonchev–Trinajstić information content (AvgIpc) is 2.56. The molecule has 1 N–H and O–H groups in total. The molecule has 4 nitrogen and oxygen atoms in total. The van der Waals surface area contributed by atoms with Gasteiger partial charge in [-0.05, 0) is 45.2 Å². The number of amides is 1. The van der Waals surface area contributed by atoms with Crippen molar-refractivity contribution in [3.8, 4) is 0 Å². The van der Waals surface area contributed by atoms with Gasteiger partial charge in [-0.3, -0.25) is 9.59 Å². The number of aromatic nitrogens is 1. The van der Waals surface area contributed by atoms with Gasteiger partial charge in [-0.25, -0.2) is 0 Å². The Morgan fingerprint density at radius 1 is 1.16 bits per heavy atom. The summed E-state index contributed by atoms with van der Waals surface area (Å²) in [6.45, 7) is 7.16. The lowest BCUT2D eigenvalue weighted by Crippen LogP contribution is -2.41. The highest BCUT2D eigenvalue weighted by atomic mass is 32.2. The van der Waals surface area contributed by atoms with Crippen LogP contribution in [0.15, 0.2) is 40.0 Å². The van der Waals surface area contributed by atoms with Crippen LogP contribution in [-0.2, 0) is 0 Å². The molecule has 1 aliphatic rings. The van der Waals surface area contributed by atoms with E-state index in [1.54, 1.807) is 6.92 Å². The van der Waals surface area contributed by atoms with Crippen LogP contribution in [0.4, 0.5) is 0 Å². The van der Waals surface area contributed by atoms with Crippen molar-refractivity contribution in [3.63, 3.8) is 0 Å². The molecule has 0 saturated carbocycles. The summed E-state index contributed by atoms with van der Waals surface area (Å²) in [6.07, 6.45) is 1.90. The predicted octanol–water partition coefficient (Wildman–Crippen LogP) is 3.70. The highest BCUT2D eigenvalue weighted by molar-refractivity contribution is 8.00. The number of likely N-dealkylation sites (tertiary alicyclic amines) is 1. The SMILES string of the molecule is Cc1cc(=O)c(C(=O)N2CCC(Sc3ccccc3C)CC2)c(C)[nH]1. The van der Waals surface area contributed by atoms with Crippen LogP contribution < -0.4 is 5.43 Å². The van der Waals surface area contributed by atoms with Crippen LogP contribution in [0.1, 0.15) is 40.2 Å². The second-order valence-corrected chi connectivity index (χ2v) is 8.03. The van der Waals surface area contributed by atoms with E-state index in [0.717, 1.165) is 18.5 Å². The van der Waals surface area contributed by atoms with Crippen LogP contribution in [0, 0.1) is 20.8 Å². The largest absolute Gasteiger partial charge is 0.362 e. The van der Waals surface area contributed by atoms with Crippen molar-refractivity contribution in [2.75, 3.05) is 13.1 Å². The standard InChI is InChI=1S/C20H24N2O2S/c1-13-6-4-5-7-18(13)25-16-8-10-22(11-9-16)20(24)19-15(3)21-14(2)12-17(19)23/h4-7,12,16H,8-11H2,1-3H3,(H,21,23). The molecular formula is C20H24N2O2S. The van der Waals surface area contributed by atoms with E-state index in [1.807, 2.05) is 23.6 Å². The van der Waals surface area contributed by atoms with Crippen molar-refractivity contribution in [3.05, 3.63) is 63.1 Å². The van der Waals surface area contributed by atoms with Gasteiger partial charge in [0.05, 0.1) is 0 Å². The van der Waals surface area contributed by atoms with Crippen LogP contribution in [0.3, 0.4) is 0 Å². The highest BCUT2D eigenvalue weighted by Gasteiger charge is 2.26. The molecule has 1 aromatic heterocycles. The topological polar surface area (TPSA) is 53.2 Å². The number of pyridine rings is 1. The van der Waals surface area contributed by atoms with Crippen LogP contribution in [0.5, 0.6) is 0 Å². The molecule has 2 aromatic rings. The molecule has 25 heavy (non-hydrogen) atoms. The van der Waals surface area contributed by atoms with Crippen LogP contribution in [-0.4, -0.2) is 34.1 Å². The average molecular weight is 356 g/mol.